The summed E-state index contributed by atoms with van der Waals surface area (Å²) in [5, 5.41) is 2.99. The van der Waals surface area contributed by atoms with Crippen molar-refractivity contribution >= 4 is 23.1 Å². The van der Waals surface area contributed by atoms with Crippen LogP contribution in [0.25, 0.3) is 0 Å². The molecule has 0 heterocycles. The third kappa shape index (κ3) is 3.01. The van der Waals surface area contributed by atoms with Gasteiger partial charge in [0.05, 0.1) is 10.4 Å². The molecule has 20 heavy (non-hydrogen) atoms. The zero-order valence-corrected chi connectivity index (χ0v) is 12.8. The van der Waals surface area contributed by atoms with E-state index in [9.17, 15) is 4.79 Å². The molecule has 108 valence electrons. The Kier molecular flexibility index (Phi) is 4.76. The highest BCUT2D eigenvalue weighted by atomic mass is 32.1. The molecule has 1 saturated carbocycles. The molecule has 1 aromatic carbocycles. The minimum absolute atomic E-state index is 0.0120. The molecule has 0 unspecified atom stereocenters. The second-order valence-corrected chi connectivity index (χ2v) is 5.95. The molecule has 0 aromatic heterocycles. The van der Waals surface area contributed by atoms with Gasteiger partial charge in [0, 0.05) is 6.54 Å². The van der Waals surface area contributed by atoms with E-state index in [0.29, 0.717) is 11.5 Å². The Labute approximate surface area is 125 Å². The van der Waals surface area contributed by atoms with Crippen LogP contribution >= 0.6 is 12.2 Å². The Bertz CT molecular complexity index is 490. The summed E-state index contributed by atoms with van der Waals surface area (Å²) in [4.78, 5) is 12.8. The molecule has 3 N–H and O–H groups in total. The normalized spacial score (nSPS) is 16.9. The highest BCUT2D eigenvalue weighted by molar-refractivity contribution is 7.80. The van der Waals surface area contributed by atoms with Crippen LogP contribution in [0.1, 0.15) is 43.7 Å². The molecule has 1 fully saturated rings. The molecule has 0 radical (unpaired) electrons. The van der Waals surface area contributed by atoms with Crippen LogP contribution in [0, 0.1) is 5.41 Å². The van der Waals surface area contributed by atoms with Gasteiger partial charge in [-0.3, -0.25) is 4.79 Å². The summed E-state index contributed by atoms with van der Waals surface area (Å²) in [5.74, 6) is -0.0120. The van der Waals surface area contributed by atoms with Crippen LogP contribution in [0.5, 0.6) is 0 Å². The predicted molar refractivity (Wildman–Crippen MR) is 85.4 cm³/mol. The van der Waals surface area contributed by atoms with Gasteiger partial charge in [-0.1, -0.05) is 56.2 Å². The molecule has 1 aliphatic carbocycles. The molecule has 1 aromatic rings. The van der Waals surface area contributed by atoms with Crippen molar-refractivity contribution in [3.63, 3.8) is 0 Å². The highest BCUT2D eigenvalue weighted by Gasteiger charge is 2.43. The highest BCUT2D eigenvalue weighted by Crippen LogP contribution is 2.38. The Morgan fingerprint density at radius 3 is 2.30 bits per heavy atom. The van der Waals surface area contributed by atoms with Crippen molar-refractivity contribution in [1.82, 2.24) is 5.32 Å². The van der Waals surface area contributed by atoms with E-state index >= 15 is 0 Å². The van der Waals surface area contributed by atoms with Gasteiger partial charge in [0.1, 0.15) is 0 Å². The molecule has 0 spiro atoms. The fourth-order valence-corrected chi connectivity index (χ4v) is 3.11. The summed E-state index contributed by atoms with van der Waals surface area (Å²) in [6, 6.07) is 8.31. The van der Waals surface area contributed by atoms with Crippen LogP contribution < -0.4 is 11.1 Å². The van der Waals surface area contributed by atoms with Crippen molar-refractivity contribution in [2.75, 3.05) is 0 Å². The van der Waals surface area contributed by atoms with Gasteiger partial charge in [0.25, 0.3) is 0 Å². The van der Waals surface area contributed by atoms with Gasteiger partial charge in [0.15, 0.2) is 0 Å². The van der Waals surface area contributed by atoms with Gasteiger partial charge >= 0.3 is 0 Å². The van der Waals surface area contributed by atoms with E-state index in [2.05, 4.69) is 36.5 Å². The number of nitrogens with one attached hydrogen (secondary N) is 1. The fourth-order valence-electron chi connectivity index (χ4n) is 2.81. The van der Waals surface area contributed by atoms with Crippen molar-refractivity contribution < 1.29 is 4.79 Å². The maximum absolute atomic E-state index is 12.4. The van der Waals surface area contributed by atoms with E-state index < -0.39 is 5.41 Å². The van der Waals surface area contributed by atoms with E-state index in [-0.39, 0.29) is 5.91 Å². The van der Waals surface area contributed by atoms with Crippen LogP contribution in [-0.4, -0.2) is 10.9 Å². The van der Waals surface area contributed by atoms with Crippen molar-refractivity contribution in [3.8, 4) is 0 Å². The lowest BCUT2D eigenvalue weighted by molar-refractivity contribution is -0.127. The van der Waals surface area contributed by atoms with Crippen molar-refractivity contribution in [3.05, 3.63) is 35.4 Å². The minimum atomic E-state index is -0.612. The van der Waals surface area contributed by atoms with E-state index in [1.807, 2.05) is 0 Å². The van der Waals surface area contributed by atoms with Gasteiger partial charge in [0.2, 0.25) is 5.91 Å². The predicted octanol–water partition coefficient (Wildman–Crippen LogP) is 2.71. The van der Waals surface area contributed by atoms with E-state index in [1.54, 1.807) is 0 Å². The topological polar surface area (TPSA) is 55.1 Å². The monoisotopic (exact) mass is 290 g/mol. The Balaban J connectivity index is 1.98. The molecule has 4 heteroatoms. The zero-order valence-electron chi connectivity index (χ0n) is 11.9. The zero-order chi connectivity index (χ0) is 14.6. The summed E-state index contributed by atoms with van der Waals surface area (Å²) in [5.41, 5.74) is 7.60. The lowest BCUT2D eigenvalue weighted by atomic mass is 9.85. The first-order valence-corrected chi connectivity index (χ1v) is 7.65. The Morgan fingerprint density at radius 2 is 1.80 bits per heavy atom. The van der Waals surface area contributed by atoms with Crippen LogP contribution in [0.2, 0.25) is 0 Å². The van der Waals surface area contributed by atoms with Gasteiger partial charge < -0.3 is 11.1 Å². The van der Waals surface area contributed by atoms with Gasteiger partial charge in [-0.2, -0.15) is 0 Å². The summed E-state index contributed by atoms with van der Waals surface area (Å²) in [7, 11) is 0. The first-order chi connectivity index (χ1) is 9.58. The number of nitrogens with two attached hydrogens (primary N) is 1. The molecule has 1 aliphatic rings. The lowest BCUT2D eigenvalue weighted by Gasteiger charge is -2.26. The Hall–Kier alpha value is -1.42. The molecular weight excluding hydrogens is 268 g/mol. The maximum atomic E-state index is 12.4. The lowest BCUT2D eigenvalue weighted by Crippen LogP contribution is -2.46. The molecule has 2 rings (SSSR count). The smallest absolute Gasteiger partial charge is 0.233 e. The Morgan fingerprint density at radius 1 is 1.25 bits per heavy atom. The minimum Gasteiger partial charge on any atom is -0.392 e. The van der Waals surface area contributed by atoms with Crippen LogP contribution in [0.3, 0.4) is 0 Å². The molecule has 0 saturated heterocycles. The van der Waals surface area contributed by atoms with E-state index in [0.717, 1.165) is 37.7 Å². The van der Waals surface area contributed by atoms with E-state index in [4.69, 9.17) is 18.0 Å². The van der Waals surface area contributed by atoms with Crippen molar-refractivity contribution in [2.24, 2.45) is 11.1 Å². The standard InChI is InChI=1S/C16H22N2OS/c1-2-12-5-7-13(8-6-12)11-18-15(19)16(14(17)20)9-3-4-10-16/h5-8H,2-4,9-11H2,1H3,(H2,17,20)(H,18,19). The molecule has 0 atom stereocenters. The average molecular weight is 290 g/mol. The summed E-state index contributed by atoms with van der Waals surface area (Å²) < 4.78 is 0. The van der Waals surface area contributed by atoms with Crippen LogP contribution in [-0.2, 0) is 17.8 Å². The number of hydrogen-bond donors (Lipinski definition) is 2. The first-order valence-electron chi connectivity index (χ1n) is 7.24. The third-order valence-corrected chi connectivity index (χ3v) is 4.64. The summed E-state index contributed by atoms with van der Waals surface area (Å²) in [6.07, 6.45) is 4.63. The van der Waals surface area contributed by atoms with Gasteiger partial charge in [-0.15, -0.1) is 0 Å². The second kappa shape index (κ2) is 6.35. The SMILES string of the molecule is CCc1ccc(CNC(=O)C2(C(N)=S)CCCC2)cc1. The number of carbonyl (C=O) groups is 1. The summed E-state index contributed by atoms with van der Waals surface area (Å²) in [6.45, 7) is 2.66. The molecule has 3 nitrogen and oxygen atoms in total. The number of hydrogen-bond acceptors (Lipinski definition) is 2. The third-order valence-electron chi connectivity index (χ3n) is 4.25. The van der Waals surface area contributed by atoms with Crippen molar-refractivity contribution in [2.45, 2.75) is 45.6 Å². The largest absolute Gasteiger partial charge is 0.392 e. The van der Waals surface area contributed by atoms with Crippen LogP contribution in [0.4, 0.5) is 0 Å². The van der Waals surface area contributed by atoms with Gasteiger partial charge in [-0.25, -0.2) is 0 Å². The summed E-state index contributed by atoms with van der Waals surface area (Å²) >= 11 is 5.12. The van der Waals surface area contributed by atoms with Crippen molar-refractivity contribution in [1.29, 1.82) is 0 Å². The number of thiocarbonyl (C=S) groups is 1. The average Bonchev–Trinajstić information content (AvgIpc) is 2.96. The second-order valence-electron chi connectivity index (χ2n) is 5.51. The van der Waals surface area contributed by atoms with E-state index in [1.165, 1.54) is 5.56 Å². The number of benzene rings is 1. The molecule has 0 bridgehead atoms. The number of aryl methyl sites for hydroxylation is 1. The quantitative estimate of drug-likeness (QED) is 0.820. The number of carbonyl (C=O) groups excluding carboxylic acids is 1. The maximum Gasteiger partial charge on any atom is 0.233 e. The fraction of sp³-hybridized carbons (Fsp3) is 0.500. The first kappa shape index (κ1) is 15.0. The molecule has 1 amide bonds. The van der Waals surface area contributed by atoms with Crippen LogP contribution in [0.15, 0.2) is 24.3 Å². The number of rotatable bonds is 5. The number of amides is 1. The molecular formula is C16H22N2OS. The molecule has 0 aliphatic heterocycles. The van der Waals surface area contributed by atoms with Gasteiger partial charge in [-0.05, 0) is 30.4 Å².